The van der Waals surface area contributed by atoms with Crippen molar-refractivity contribution < 1.29 is 8.42 Å². The van der Waals surface area contributed by atoms with Crippen molar-refractivity contribution in [1.29, 1.82) is 5.26 Å². The van der Waals surface area contributed by atoms with Gasteiger partial charge in [0.25, 0.3) is 0 Å². The summed E-state index contributed by atoms with van der Waals surface area (Å²) in [7, 11) is -1.64. The van der Waals surface area contributed by atoms with Gasteiger partial charge in [0, 0.05) is 25.5 Å². The van der Waals surface area contributed by atoms with Gasteiger partial charge in [0.2, 0.25) is 10.0 Å². The molecule has 0 saturated carbocycles. The molecule has 1 aliphatic heterocycles. The Morgan fingerprint density at radius 3 is 2.50 bits per heavy atom. The van der Waals surface area contributed by atoms with Crippen LogP contribution in [0.15, 0.2) is 47.5 Å². The third kappa shape index (κ3) is 3.10. The monoisotopic (exact) mass is 343 g/mol. The highest BCUT2D eigenvalue weighted by Gasteiger charge is 2.34. The maximum atomic E-state index is 13.2. The van der Waals surface area contributed by atoms with E-state index in [1.165, 1.54) is 12.1 Å². The van der Waals surface area contributed by atoms with Crippen LogP contribution in [0, 0.1) is 11.3 Å². The average molecular weight is 343 g/mol. The Hall–Kier alpha value is -2.10. The minimum Gasteiger partial charge on any atom is -0.353 e. The number of sulfonamides is 1. The Morgan fingerprint density at radius 2 is 1.88 bits per heavy atom. The molecule has 1 aromatic carbocycles. The average Bonchev–Trinajstić information content (AvgIpc) is 2.86. The Bertz CT molecular complexity index is 847. The van der Waals surface area contributed by atoms with Gasteiger partial charge >= 0.3 is 0 Å². The van der Waals surface area contributed by atoms with E-state index in [1.807, 2.05) is 36.0 Å². The number of nitriles is 1. The third-order valence-electron chi connectivity index (χ3n) is 4.62. The molecule has 24 heavy (non-hydrogen) atoms. The molecular formula is C18H21N3O2S. The summed E-state index contributed by atoms with van der Waals surface area (Å²) in [6.45, 7) is 0.526. The van der Waals surface area contributed by atoms with E-state index in [4.69, 9.17) is 5.26 Å². The zero-order valence-electron chi connectivity index (χ0n) is 13.7. The molecule has 0 amide bonds. The summed E-state index contributed by atoms with van der Waals surface area (Å²) in [5.74, 6) is 0. The molecule has 3 rings (SSSR count). The predicted octanol–water partition coefficient (Wildman–Crippen LogP) is 3.20. The van der Waals surface area contributed by atoms with Crippen molar-refractivity contribution in [3.63, 3.8) is 0 Å². The van der Waals surface area contributed by atoms with E-state index in [2.05, 4.69) is 0 Å². The van der Waals surface area contributed by atoms with Crippen molar-refractivity contribution in [2.24, 2.45) is 7.05 Å². The van der Waals surface area contributed by atoms with E-state index in [-0.39, 0.29) is 10.9 Å². The second kappa shape index (κ2) is 6.80. The fourth-order valence-corrected chi connectivity index (χ4v) is 4.99. The minimum atomic E-state index is -3.59. The fraction of sp³-hybridized carbons (Fsp3) is 0.389. The van der Waals surface area contributed by atoms with Crippen molar-refractivity contribution in [2.75, 3.05) is 6.54 Å². The SMILES string of the molecule is Cn1cccc1[C@@H]1CCCCCN1S(=O)(=O)c1ccc(C#N)cc1. The Kier molecular flexibility index (Phi) is 4.74. The first-order valence-electron chi connectivity index (χ1n) is 8.17. The van der Waals surface area contributed by atoms with Crippen LogP contribution in [0.1, 0.15) is 43.0 Å². The van der Waals surface area contributed by atoms with E-state index < -0.39 is 10.0 Å². The molecule has 5 nitrogen and oxygen atoms in total. The molecule has 1 aliphatic rings. The number of hydrogen-bond donors (Lipinski definition) is 0. The number of benzene rings is 1. The summed E-state index contributed by atoms with van der Waals surface area (Å²) in [6.07, 6.45) is 5.71. The second-order valence-electron chi connectivity index (χ2n) is 6.16. The van der Waals surface area contributed by atoms with E-state index in [9.17, 15) is 8.42 Å². The highest BCUT2D eigenvalue weighted by molar-refractivity contribution is 7.89. The van der Waals surface area contributed by atoms with Gasteiger partial charge in [0.1, 0.15) is 0 Å². The highest BCUT2D eigenvalue weighted by Crippen LogP contribution is 2.34. The molecule has 126 valence electrons. The summed E-state index contributed by atoms with van der Waals surface area (Å²) in [5, 5.41) is 8.90. The van der Waals surface area contributed by atoms with Crippen molar-refractivity contribution in [2.45, 2.75) is 36.6 Å². The van der Waals surface area contributed by atoms with Crippen LogP contribution in [0.5, 0.6) is 0 Å². The van der Waals surface area contributed by atoms with E-state index in [0.29, 0.717) is 12.1 Å². The van der Waals surface area contributed by atoms with Crippen LogP contribution in [0.4, 0.5) is 0 Å². The topological polar surface area (TPSA) is 66.1 Å². The third-order valence-corrected chi connectivity index (χ3v) is 6.54. The lowest BCUT2D eigenvalue weighted by molar-refractivity contribution is 0.318. The van der Waals surface area contributed by atoms with Gasteiger partial charge in [-0.05, 0) is 49.2 Å². The van der Waals surface area contributed by atoms with Crippen LogP contribution in [0.2, 0.25) is 0 Å². The molecule has 0 N–H and O–H groups in total. The smallest absolute Gasteiger partial charge is 0.243 e. The van der Waals surface area contributed by atoms with Gasteiger partial charge in [0.15, 0.2) is 0 Å². The summed E-state index contributed by atoms with van der Waals surface area (Å²) in [6, 6.07) is 12.0. The lowest BCUT2D eigenvalue weighted by atomic mass is 10.1. The molecule has 0 bridgehead atoms. The highest BCUT2D eigenvalue weighted by atomic mass is 32.2. The lowest BCUT2D eigenvalue weighted by Crippen LogP contribution is -2.35. The number of rotatable bonds is 3. The Morgan fingerprint density at radius 1 is 1.12 bits per heavy atom. The first-order valence-corrected chi connectivity index (χ1v) is 9.61. The van der Waals surface area contributed by atoms with Crippen LogP contribution in [-0.2, 0) is 17.1 Å². The first kappa shape index (κ1) is 16.7. The molecule has 2 aromatic rings. The summed E-state index contributed by atoms with van der Waals surface area (Å²) >= 11 is 0. The molecule has 0 radical (unpaired) electrons. The van der Waals surface area contributed by atoms with Crippen LogP contribution in [0.25, 0.3) is 0 Å². The second-order valence-corrected chi connectivity index (χ2v) is 8.05. The summed E-state index contributed by atoms with van der Waals surface area (Å²) < 4.78 is 30.0. The fourth-order valence-electron chi connectivity index (χ4n) is 3.32. The molecular weight excluding hydrogens is 322 g/mol. The predicted molar refractivity (Wildman–Crippen MR) is 91.7 cm³/mol. The molecule has 1 fully saturated rings. The van der Waals surface area contributed by atoms with Crippen LogP contribution in [-0.4, -0.2) is 23.8 Å². The van der Waals surface area contributed by atoms with Crippen LogP contribution >= 0.6 is 0 Å². The molecule has 0 aliphatic carbocycles. The van der Waals surface area contributed by atoms with Gasteiger partial charge in [-0.2, -0.15) is 9.57 Å². The van der Waals surface area contributed by atoms with Gasteiger partial charge in [-0.3, -0.25) is 0 Å². The maximum absolute atomic E-state index is 13.2. The summed E-state index contributed by atoms with van der Waals surface area (Å²) in [5.41, 5.74) is 1.48. The minimum absolute atomic E-state index is 0.145. The molecule has 0 spiro atoms. The van der Waals surface area contributed by atoms with Crippen LogP contribution < -0.4 is 0 Å². The maximum Gasteiger partial charge on any atom is 0.243 e. The number of nitrogens with zero attached hydrogens (tertiary/aromatic N) is 3. The number of aromatic nitrogens is 1. The Labute approximate surface area is 143 Å². The van der Waals surface area contributed by atoms with Gasteiger partial charge in [0.05, 0.1) is 22.6 Å². The first-order chi connectivity index (χ1) is 11.5. The van der Waals surface area contributed by atoms with Gasteiger partial charge in [-0.25, -0.2) is 8.42 Å². The normalized spacial score (nSPS) is 19.6. The summed E-state index contributed by atoms with van der Waals surface area (Å²) in [4.78, 5) is 0.252. The molecule has 1 aromatic heterocycles. The van der Waals surface area contributed by atoms with Crippen LogP contribution in [0.3, 0.4) is 0 Å². The molecule has 0 unspecified atom stereocenters. The van der Waals surface area contributed by atoms with Gasteiger partial charge in [-0.1, -0.05) is 12.8 Å². The van der Waals surface area contributed by atoms with E-state index >= 15 is 0 Å². The molecule has 2 heterocycles. The zero-order chi connectivity index (χ0) is 17.2. The largest absolute Gasteiger partial charge is 0.353 e. The molecule has 1 atom stereocenters. The molecule has 1 saturated heterocycles. The quantitative estimate of drug-likeness (QED) is 0.859. The van der Waals surface area contributed by atoms with E-state index in [0.717, 1.165) is 31.4 Å². The lowest BCUT2D eigenvalue weighted by Gasteiger charge is -2.29. The standard InChI is InChI=1S/C18H21N3O2S/c1-20-12-5-7-17(20)18-6-3-2-4-13-21(18)24(22,23)16-10-8-15(14-19)9-11-16/h5,7-12,18H,2-4,6,13H2,1H3/t18-/m0/s1. The van der Waals surface area contributed by atoms with Crippen molar-refractivity contribution in [1.82, 2.24) is 8.87 Å². The Balaban J connectivity index is 2.01. The van der Waals surface area contributed by atoms with Crippen molar-refractivity contribution in [3.05, 3.63) is 53.9 Å². The van der Waals surface area contributed by atoms with Gasteiger partial charge < -0.3 is 4.57 Å². The van der Waals surface area contributed by atoms with Crippen molar-refractivity contribution >= 4 is 10.0 Å². The van der Waals surface area contributed by atoms with Crippen molar-refractivity contribution in [3.8, 4) is 6.07 Å². The van der Waals surface area contributed by atoms with E-state index in [1.54, 1.807) is 16.4 Å². The van der Waals surface area contributed by atoms with Gasteiger partial charge in [-0.15, -0.1) is 0 Å². The molecule has 6 heteroatoms. The number of hydrogen-bond acceptors (Lipinski definition) is 3. The number of aryl methyl sites for hydroxylation is 1. The zero-order valence-corrected chi connectivity index (χ0v) is 14.5.